The molecule has 2 atom stereocenters. The van der Waals surface area contributed by atoms with Crippen LogP contribution in [0.25, 0.3) is 0 Å². The minimum Gasteiger partial charge on any atom is -0.399 e. The van der Waals surface area contributed by atoms with E-state index in [4.69, 9.17) is 22.9 Å². The molecule has 0 saturated carbocycles. The van der Waals surface area contributed by atoms with Gasteiger partial charge in [-0.25, -0.2) is 8.42 Å². The molecule has 7 heteroatoms. The van der Waals surface area contributed by atoms with Gasteiger partial charge in [-0.2, -0.15) is 0 Å². The first-order chi connectivity index (χ1) is 11.9. The molecule has 6 nitrogen and oxygen atoms in total. The third-order valence-electron chi connectivity index (χ3n) is 4.27. The van der Waals surface area contributed by atoms with Crippen LogP contribution in [0, 0.1) is 0 Å². The molecule has 2 aromatic rings. The van der Waals surface area contributed by atoms with Gasteiger partial charge >= 0.3 is 0 Å². The second kappa shape index (κ2) is 8.33. The molecule has 0 aliphatic rings. The standard InChI is InChI=1S/C18H26N4O2S/c19-11-9-17(13-1-5-15(21)6-2-13)25(23,24)18(10-12-20)14-3-7-16(22)8-4-14/h1-8,17-18H,9-12,19-22H2. The topological polar surface area (TPSA) is 138 Å². The maximum absolute atomic E-state index is 13.4. The summed E-state index contributed by atoms with van der Waals surface area (Å²) < 4.78 is 26.8. The summed E-state index contributed by atoms with van der Waals surface area (Å²) in [5.41, 5.74) is 25.4. The Morgan fingerprint density at radius 3 is 1.28 bits per heavy atom. The van der Waals surface area contributed by atoms with Crippen LogP contribution in [0.4, 0.5) is 11.4 Å². The van der Waals surface area contributed by atoms with Gasteiger partial charge in [0.15, 0.2) is 9.84 Å². The van der Waals surface area contributed by atoms with Crippen molar-refractivity contribution in [1.29, 1.82) is 0 Å². The van der Waals surface area contributed by atoms with E-state index in [1.54, 1.807) is 48.5 Å². The van der Waals surface area contributed by atoms with Crippen LogP contribution in [0.1, 0.15) is 34.5 Å². The van der Waals surface area contributed by atoms with E-state index in [1.807, 2.05) is 0 Å². The summed E-state index contributed by atoms with van der Waals surface area (Å²) in [6.07, 6.45) is 0.671. The first kappa shape index (κ1) is 19.2. The highest BCUT2D eigenvalue weighted by atomic mass is 32.2. The Kier molecular flexibility index (Phi) is 6.41. The molecule has 0 spiro atoms. The molecule has 2 unspecified atom stereocenters. The summed E-state index contributed by atoms with van der Waals surface area (Å²) in [6, 6.07) is 13.8. The maximum Gasteiger partial charge on any atom is 0.164 e. The minimum absolute atomic E-state index is 0.269. The van der Waals surface area contributed by atoms with Crippen LogP contribution < -0.4 is 22.9 Å². The lowest BCUT2D eigenvalue weighted by atomic mass is 10.1. The Hall–Kier alpha value is -2.09. The van der Waals surface area contributed by atoms with Crippen LogP contribution in [0.3, 0.4) is 0 Å². The third-order valence-corrected chi connectivity index (χ3v) is 6.87. The fourth-order valence-electron chi connectivity index (χ4n) is 2.96. The Labute approximate surface area is 149 Å². The van der Waals surface area contributed by atoms with Gasteiger partial charge in [0.25, 0.3) is 0 Å². The molecule has 8 N–H and O–H groups in total. The number of anilines is 2. The first-order valence-corrected chi connectivity index (χ1v) is 9.84. The molecule has 2 aromatic carbocycles. The van der Waals surface area contributed by atoms with E-state index >= 15 is 0 Å². The largest absolute Gasteiger partial charge is 0.399 e. The highest BCUT2D eigenvalue weighted by Crippen LogP contribution is 2.38. The Bertz CT molecular complexity index is 712. The van der Waals surface area contributed by atoms with E-state index < -0.39 is 20.3 Å². The molecule has 25 heavy (non-hydrogen) atoms. The fourth-order valence-corrected chi connectivity index (χ4v) is 5.36. The smallest absolute Gasteiger partial charge is 0.164 e. The molecule has 0 aromatic heterocycles. The summed E-state index contributed by atoms with van der Waals surface area (Å²) >= 11 is 0. The predicted octanol–water partition coefficient (Wildman–Crippen LogP) is 1.75. The van der Waals surface area contributed by atoms with Crippen molar-refractivity contribution in [2.24, 2.45) is 11.5 Å². The Balaban J connectivity index is 2.47. The van der Waals surface area contributed by atoms with Crippen molar-refractivity contribution in [2.75, 3.05) is 24.6 Å². The maximum atomic E-state index is 13.4. The van der Waals surface area contributed by atoms with E-state index in [1.165, 1.54) is 0 Å². The molecular formula is C18H26N4O2S. The quantitative estimate of drug-likeness (QED) is 0.528. The van der Waals surface area contributed by atoms with Crippen LogP contribution in [-0.4, -0.2) is 21.5 Å². The van der Waals surface area contributed by atoms with E-state index in [0.29, 0.717) is 35.3 Å². The number of sulfone groups is 1. The molecule has 0 amide bonds. The molecule has 2 rings (SSSR count). The first-order valence-electron chi connectivity index (χ1n) is 8.24. The summed E-state index contributed by atoms with van der Waals surface area (Å²) in [5.74, 6) is 0. The van der Waals surface area contributed by atoms with Crippen molar-refractivity contribution in [1.82, 2.24) is 0 Å². The normalized spacial score (nSPS) is 14.2. The van der Waals surface area contributed by atoms with Gasteiger partial charge in [-0.1, -0.05) is 24.3 Å². The van der Waals surface area contributed by atoms with Gasteiger partial charge in [-0.15, -0.1) is 0 Å². The van der Waals surface area contributed by atoms with Gasteiger partial charge in [0.1, 0.15) is 0 Å². The minimum atomic E-state index is -3.56. The van der Waals surface area contributed by atoms with Gasteiger partial charge in [0.05, 0.1) is 10.5 Å². The monoisotopic (exact) mass is 362 g/mol. The molecule has 0 bridgehead atoms. The molecule has 0 saturated heterocycles. The molecule has 0 radical (unpaired) electrons. The summed E-state index contributed by atoms with van der Waals surface area (Å²) in [6.45, 7) is 0.538. The van der Waals surface area contributed by atoms with Crippen LogP contribution >= 0.6 is 0 Å². The van der Waals surface area contributed by atoms with Gasteiger partial charge < -0.3 is 22.9 Å². The van der Waals surface area contributed by atoms with Crippen molar-refractivity contribution in [2.45, 2.75) is 23.3 Å². The van der Waals surface area contributed by atoms with Crippen LogP contribution in [-0.2, 0) is 9.84 Å². The van der Waals surface area contributed by atoms with E-state index in [2.05, 4.69) is 0 Å². The zero-order valence-electron chi connectivity index (χ0n) is 14.1. The second-order valence-corrected chi connectivity index (χ2v) is 8.37. The third kappa shape index (κ3) is 4.50. The zero-order valence-corrected chi connectivity index (χ0v) is 15.0. The van der Waals surface area contributed by atoms with Crippen molar-refractivity contribution < 1.29 is 8.42 Å². The van der Waals surface area contributed by atoms with Crippen LogP contribution in [0.15, 0.2) is 48.5 Å². The van der Waals surface area contributed by atoms with Gasteiger partial charge in [0.2, 0.25) is 0 Å². The molecule has 136 valence electrons. The van der Waals surface area contributed by atoms with Crippen LogP contribution in [0.2, 0.25) is 0 Å². The van der Waals surface area contributed by atoms with E-state index in [0.717, 1.165) is 0 Å². The number of nitrogens with two attached hydrogens (primary N) is 4. The predicted molar refractivity (Wildman–Crippen MR) is 103 cm³/mol. The SMILES string of the molecule is NCCC(c1ccc(N)cc1)S(=O)(=O)C(CCN)c1ccc(N)cc1. The van der Waals surface area contributed by atoms with Gasteiger partial charge in [-0.05, 0) is 61.3 Å². The van der Waals surface area contributed by atoms with Crippen molar-refractivity contribution >= 4 is 21.2 Å². The number of rotatable bonds is 8. The molecule has 0 aliphatic carbocycles. The average molecular weight is 362 g/mol. The van der Waals surface area contributed by atoms with Crippen molar-refractivity contribution in [3.8, 4) is 0 Å². The van der Waals surface area contributed by atoms with Crippen molar-refractivity contribution in [3.63, 3.8) is 0 Å². The molecule has 0 aliphatic heterocycles. The van der Waals surface area contributed by atoms with E-state index in [-0.39, 0.29) is 13.1 Å². The molecule has 0 fully saturated rings. The summed E-state index contributed by atoms with van der Waals surface area (Å²) in [5, 5.41) is -1.40. The zero-order chi connectivity index (χ0) is 18.4. The van der Waals surface area contributed by atoms with Crippen molar-refractivity contribution in [3.05, 3.63) is 59.7 Å². The fraction of sp³-hybridized carbons (Fsp3) is 0.333. The summed E-state index contributed by atoms with van der Waals surface area (Å²) in [7, 11) is -3.56. The van der Waals surface area contributed by atoms with Crippen LogP contribution in [0.5, 0.6) is 0 Å². The summed E-state index contributed by atoms with van der Waals surface area (Å²) in [4.78, 5) is 0. The average Bonchev–Trinajstić information content (AvgIpc) is 2.59. The lowest BCUT2D eigenvalue weighted by Gasteiger charge is -2.25. The molecule has 0 heterocycles. The van der Waals surface area contributed by atoms with Gasteiger partial charge in [0, 0.05) is 11.4 Å². The lowest BCUT2D eigenvalue weighted by molar-refractivity contribution is 0.556. The highest BCUT2D eigenvalue weighted by Gasteiger charge is 2.35. The second-order valence-electron chi connectivity index (χ2n) is 6.05. The lowest BCUT2D eigenvalue weighted by Crippen LogP contribution is -2.25. The number of benzene rings is 2. The Morgan fingerprint density at radius 2 is 1.00 bits per heavy atom. The van der Waals surface area contributed by atoms with E-state index in [9.17, 15) is 8.42 Å². The Morgan fingerprint density at radius 1 is 0.680 bits per heavy atom. The molecular weight excluding hydrogens is 336 g/mol. The number of nitrogen functional groups attached to an aromatic ring is 2. The highest BCUT2D eigenvalue weighted by molar-refractivity contribution is 7.91. The van der Waals surface area contributed by atoms with Gasteiger partial charge in [-0.3, -0.25) is 0 Å². The number of hydrogen-bond donors (Lipinski definition) is 4. The number of hydrogen-bond acceptors (Lipinski definition) is 6.